The van der Waals surface area contributed by atoms with E-state index in [-0.39, 0.29) is 5.75 Å². The van der Waals surface area contributed by atoms with Crippen molar-refractivity contribution in [2.24, 2.45) is 5.92 Å². The van der Waals surface area contributed by atoms with Gasteiger partial charge in [0.05, 0.1) is 5.75 Å². The lowest BCUT2D eigenvalue weighted by atomic mass is 10.0. The largest absolute Gasteiger partial charge is 0.481 e. The molecule has 6 heteroatoms. The summed E-state index contributed by atoms with van der Waals surface area (Å²) >= 11 is 1.23. The highest BCUT2D eigenvalue weighted by Crippen LogP contribution is 2.26. The molecular formula is C12H21N3O2S. The molecule has 0 bridgehead atoms. The number of hydrogen-bond acceptors (Lipinski definition) is 4. The van der Waals surface area contributed by atoms with Crippen molar-refractivity contribution in [1.29, 1.82) is 0 Å². The molecule has 0 radical (unpaired) electrons. The third kappa shape index (κ3) is 4.01. The molecule has 0 saturated heterocycles. The van der Waals surface area contributed by atoms with Gasteiger partial charge < -0.3 is 9.67 Å². The van der Waals surface area contributed by atoms with E-state index in [1.165, 1.54) is 11.8 Å². The molecule has 0 aromatic carbocycles. The van der Waals surface area contributed by atoms with E-state index >= 15 is 0 Å². The summed E-state index contributed by atoms with van der Waals surface area (Å²) in [5.41, 5.74) is 0. The van der Waals surface area contributed by atoms with Gasteiger partial charge in [0.2, 0.25) is 0 Å². The first-order valence-electron chi connectivity index (χ1n) is 6.21. The minimum Gasteiger partial charge on any atom is -0.481 e. The van der Waals surface area contributed by atoms with Crippen molar-refractivity contribution >= 4 is 17.7 Å². The Balaban J connectivity index is 2.79. The van der Waals surface area contributed by atoms with Crippen LogP contribution in [0.25, 0.3) is 0 Å². The molecule has 2 unspecified atom stereocenters. The van der Waals surface area contributed by atoms with Crippen molar-refractivity contribution in [3.8, 4) is 0 Å². The first-order chi connectivity index (χ1) is 8.45. The SMILES string of the molecule is CCC(C)CC(C)n1c(C)nnc1SCC(=O)O. The number of rotatable bonds is 7. The molecule has 1 aromatic rings. The van der Waals surface area contributed by atoms with Gasteiger partial charge in [-0.3, -0.25) is 4.79 Å². The number of aliphatic carboxylic acids is 1. The zero-order chi connectivity index (χ0) is 13.7. The third-order valence-corrected chi connectivity index (χ3v) is 3.97. The van der Waals surface area contributed by atoms with Gasteiger partial charge in [-0.2, -0.15) is 0 Å². The Bertz CT molecular complexity index is 406. The zero-order valence-electron chi connectivity index (χ0n) is 11.4. The lowest BCUT2D eigenvalue weighted by molar-refractivity contribution is -0.133. The highest BCUT2D eigenvalue weighted by Gasteiger charge is 2.17. The smallest absolute Gasteiger partial charge is 0.313 e. The summed E-state index contributed by atoms with van der Waals surface area (Å²) < 4.78 is 2.04. The van der Waals surface area contributed by atoms with Crippen LogP contribution in [0.5, 0.6) is 0 Å². The fourth-order valence-electron chi connectivity index (χ4n) is 1.94. The molecule has 0 aliphatic carbocycles. The Labute approximate surface area is 112 Å². The highest BCUT2D eigenvalue weighted by molar-refractivity contribution is 7.99. The van der Waals surface area contributed by atoms with Crippen molar-refractivity contribution in [3.05, 3.63) is 5.82 Å². The van der Waals surface area contributed by atoms with E-state index < -0.39 is 5.97 Å². The molecule has 0 spiro atoms. The Hall–Kier alpha value is -1.04. The summed E-state index contributed by atoms with van der Waals surface area (Å²) in [6, 6.07) is 0.297. The second-order valence-electron chi connectivity index (χ2n) is 4.68. The lowest BCUT2D eigenvalue weighted by Gasteiger charge is -2.19. The van der Waals surface area contributed by atoms with E-state index in [4.69, 9.17) is 5.11 Å². The predicted octanol–water partition coefficient (Wildman–Crippen LogP) is 2.76. The van der Waals surface area contributed by atoms with Gasteiger partial charge in [-0.05, 0) is 26.2 Å². The normalized spacial score (nSPS) is 14.4. The van der Waals surface area contributed by atoms with E-state index in [1.54, 1.807) is 0 Å². The summed E-state index contributed by atoms with van der Waals surface area (Å²) in [7, 11) is 0. The average molecular weight is 271 g/mol. The van der Waals surface area contributed by atoms with Gasteiger partial charge in [-0.15, -0.1) is 10.2 Å². The van der Waals surface area contributed by atoms with Crippen molar-refractivity contribution in [3.63, 3.8) is 0 Å². The quantitative estimate of drug-likeness (QED) is 0.772. The topological polar surface area (TPSA) is 68.0 Å². The van der Waals surface area contributed by atoms with Crippen LogP contribution in [0.2, 0.25) is 0 Å². The third-order valence-electron chi connectivity index (χ3n) is 3.04. The molecule has 1 rings (SSSR count). The maximum absolute atomic E-state index is 10.6. The summed E-state index contributed by atoms with van der Waals surface area (Å²) in [5, 5.41) is 17.5. The van der Waals surface area contributed by atoms with E-state index in [0.29, 0.717) is 17.1 Å². The number of aryl methyl sites for hydroxylation is 1. The van der Waals surface area contributed by atoms with Crippen molar-refractivity contribution in [1.82, 2.24) is 14.8 Å². The number of nitrogens with zero attached hydrogens (tertiary/aromatic N) is 3. The summed E-state index contributed by atoms with van der Waals surface area (Å²) in [6.45, 7) is 8.44. The van der Waals surface area contributed by atoms with Crippen LogP contribution in [0, 0.1) is 12.8 Å². The predicted molar refractivity (Wildman–Crippen MR) is 71.9 cm³/mol. The van der Waals surface area contributed by atoms with Crippen LogP contribution in [0.3, 0.4) is 0 Å². The molecule has 0 amide bonds. The molecule has 0 saturated carbocycles. The minimum absolute atomic E-state index is 0.0220. The maximum Gasteiger partial charge on any atom is 0.313 e. The number of carboxylic acids is 1. The first-order valence-corrected chi connectivity index (χ1v) is 7.20. The summed E-state index contributed by atoms with van der Waals surface area (Å²) in [6.07, 6.45) is 2.19. The Morgan fingerprint density at radius 1 is 1.44 bits per heavy atom. The molecular weight excluding hydrogens is 250 g/mol. The standard InChI is InChI=1S/C12H21N3O2S/c1-5-8(2)6-9(3)15-10(4)13-14-12(15)18-7-11(16)17/h8-9H,5-7H2,1-4H3,(H,16,17). The number of carbonyl (C=O) groups is 1. The van der Waals surface area contributed by atoms with E-state index in [9.17, 15) is 4.79 Å². The summed E-state index contributed by atoms with van der Waals surface area (Å²) in [5.74, 6) is 0.674. The first kappa shape index (κ1) is 15.0. The Morgan fingerprint density at radius 3 is 2.67 bits per heavy atom. The molecule has 102 valence electrons. The van der Waals surface area contributed by atoms with Crippen LogP contribution >= 0.6 is 11.8 Å². The second-order valence-corrected chi connectivity index (χ2v) is 5.62. The van der Waals surface area contributed by atoms with Crippen LogP contribution in [-0.4, -0.2) is 31.6 Å². The fourth-order valence-corrected chi connectivity index (χ4v) is 2.74. The lowest BCUT2D eigenvalue weighted by Crippen LogP contribution is -2.12. The molecule has 0 aliphatic heterocycles. The van der Waals surface area contributed by atoms with Gasteiger partial charge in [-0.25, -0.2) is 0 Å². The van der Waals surface area contributed by atoms with Crippen molar-refractivity contribution in [2.45, 2.75) is 51.7 Å². The van der Waals surface area contributed by atoms with Gasteiger partial charge in [0.25, 0.3) is 0 Å². The molecule has 18 heavy (non-hydrogen) atoms. The number of hydrogen-bond donors (Lipinski definition) is 1. The van der Waals surface area contributed by atoms with Gasteiger partial charge >= 0.3 is 5.97 Å². The monoisotopic (exact) mass is 271 g/mol. The average Bonchev–Trinajstić information content (AvgIpc) is 2.67. The van der Waals surface area contributed by atoms with Gasteiger partial charge in [-0.1, -0.05) is 32.0 Å². The van der Waals surface area contributed by atoms with Gasteiger partial charge in [0, 0.05) is 6.04 Å². The van der Waals surface area contributed by atoms with E-state index in [2.05, 4.69) is 31.0 Å². The Kier molecular flexibility index (Phi) is 5.65. The minimum atomic E-state index is -0.832. The molecule has 1 N–H and O–H groups in total. The van der Waals surface area contributed by atoms with Crippen molar-refractivity contribution in [2.75, 3.05) is 5.75 Å². The van der Waals surface area contributed by atoms with E-state index in [0.717, 1.165) is 18.7 Å². The van der Waals surface area contributed by atoms with E-state index in [1.807, 2.05) is 11.5 Å². The molecule has 5 nitrogen and oxygen atoms in total. The fraction of sp³-hybridized carbons (Fsp3) is 0.750. The maximum atomic E-state index is 10.6. The Morgan fingerprint density at radius 2 is 2.11 bits per heavy atom. The molecule has 0 fully saturated rings. The molecule has 0 aliphatic rings. The second kappa shape index (κ2) is 6.78. The number of aromatic nitrogens is 3. The molecule has 1 heterocycles. The molecule has 1 aromatic heterocycles. The van der Waals surface area contributed by atoms with Gasteiger partial charge in [0.15, 0.2) is 5.16 Å². The van der Waals surface area contributed by atoms with Crippen LogP contribution in [0.1, 0.15) is 45.5 Å². The van der Waals surface area contributed by atoms with Crippen LogP contribution in [0.15, 0.2) is 5.16 Å². The molecule has 2 atom stereocenters. The van der Waals surface area contributed by atoms with Crippen molar-refractivity contribution < 1.29 is 9.90 Å². The van der Waals surface area contributed by atoms with Crippen LogP contribution in [-0.2, 0) is 4.79 Å². The summed E-state index contributed by atoms with van der Waals surface area (Å²) in [4.78, 5) is 10.6. The number of thioether (sulfide) groups is 1. The van der Waals surface area contributed by atoms with Gasteiger partial charge in [0.1, 0.15) is 5.82 Å². The van der Waals surface area contributed by atoms with Crippen LogP contribution < -0.4 is 0 Å². The highest BCUT2D eigenvalue weighted by atomic mass is 32.2. The zero-order valence-corrected chi connectivity index (χ0v) is 12.2. The number of carboxylic acid groups (broad SMARTS) is 1. The van der Waals surface area contributed by atoms with Crippen LogP contribution in [0.4, 0.5) is 0 Å².